The highest BCUT2D eigenvalue weighted by Crippen LogP contribution is 2.22. The minimum atomic E-state index is -0.340. The number of fused-ring (bicyclic) bond motifs is 1. The Morgan fingerprint density at radius 3 is 2.07 bits per heavy atom. The van der Waals surface area contributed by atoms with Crippen LogP contribution < -0.4 is 0 Å². The van der Waals surface area contributed by atoms with Gasteiger partial charge in [0.15, 0.2) is 0 Å². The first-order valence-electron chi connectivity index (χ1n) is 9.42. The van der Waals surface area contributed by atoms with Crippen LogP contribution in [0, 0.1) is 5.92 Å². The number of imide groups is 1. The van der Waals surface area contributed by atoms with Crippen molar-refractivity contribution in [2.24, 2.45) is 5.92 Å². The van der Waals surface area contributed by atoms with E-state index in [9.17, 15) is 19.2 Å². The maximum Gasteiger partial charge on any atom is 0.261 e. The van der Waals surface area contributed by atoms with Crippen LogP contribution in [-0.4, -0.2) is 71.1 Å². The van der Waals surface area contributed by atoms with E-state index in [0.717, 1.165) is 11.3 Å². The number of amides is 4. The van der Waals surface area contributed by atoms with E-state index >= 15 is 0 Å². The first-order valence-corrected chi connectivity index (χ1v) is 9.42. The average Bonchev–Trinajstić information content (AvgIpc) is 2.84. The standard InChI is InChI=1S/C20H25N3O4/c1-14(2)18(25)22-10-5-9-21(12-13-22)17(24)8-11-23-19(26)15-6-3-4-7-16(15)20(23)27/h3-4,6-7,14H,5,8-13H2,1-2H3. The first-order chi connectivity index (χ1) is 12.9. The fraction of sp³-hybridized carbons (Fsp3) is 0.500. The third kappa shape index (κ3) is 3.86. The number of carbonyl (C=O) groups is 4. The molecular formula is C20H25N3O4. The summed E-state index contributed by atoms with van der Waals surface area (Å²) >= 11 is 0. The molecule has 4 amide bonds. The van der Waals surface area contributed by atoms with Crippen LogP contribution in [0.15, 0.2) is 24.3 Å². The zero-order valence-corrected chi connectivity index (χ0v) is 15.8. The van der Waals surface area contributed by atoms with Gasteiger partial charge in [0.05, 0.1) is 11.1 Å². The Morgan fingerprint density at radius 2 is 1.48 bits per heavy atom. The maximum atomic E-state index is 12.6. The molecule has 0 aliphatic carbocycles. The Hall–Kier alpha value is -2.70. The van der Waals surface area contributed by atoms with E-state index in [1.165, 1.54) is 0 Å². The van der Waals surface area contributed by atoms with Crippen LogP contribution in [0.2, 0.25) is 0 Å². The molecular weight excluding hydrogens is 346 g/mol. The van der Waals surface area contributed by atoms with Crippen molar-refractivity contribution in [3.63, 3.8) is 0 Å². The van der Waals surface area contributed by atoms with Crippen LogP contribution in [-0.2, 0) is 9.59 Å². The number of hydrogen-bond donors (Lipinski definition) is 0. The third-order valence-corrected chi connectivity index (χ3v) is 5.08. The SMILES string of the molecule is CC(C)C(=O)N1CCCN(C(=O)CCN2C(=O)c3ccccc3C2=O)CC1. The molecule has 1 saturated heterocycles. The van der Waals surface area contributed by atoms with Crippen molar-refractivity contribution in [2.45, 2.75) is 26.7 Å². The van der Waals surface area contributed by atoms with Crippen LogP contribution in [0.5, 0.6) is 0 Å². The summed E-state index contributed by atoms with van der Waals surface area (Å²) in [6, 6.07) is 6.71. The number of nitrogens with zero attached hydrogens (tertiary/aromatic N) is 3. The second-order valence-electron chi connectivity index (χ2n) is 7.27. The molecule has 0 aromatic heterocycles. The second kappa shape index (κ2) is 7.90. The van der Waals surface area contributed by atoms with Gasteiger partial charge >= 0.3 is 0 Å². The first kappa shape index (κ1) is 19.1. The van der Waals surface area contributed by atoms with Gasteiger partial charge in [-0.3, -0.25) is 24.1 Å². The normalized spacial score (nSPS) is 17.4. The molecule has 0 atom stereocenters. The number of carbonyl (C=O) groups excluding carboxylic acids is 4. The van der Waals surface area contributed by atoms with Gasteiger partial charge in [0.2, 0.25) is 11.8 Å². The molecule has 1 aromatic carbocycles. The van der Waals surface area contributed by atoms with Gasteiger partial charge in [-0.25, -0.2) is 0 Å². The van der Waals surface area contributed by atoms with Crippen molar-refractivity contribution in [2.75, 3.05) is 32.7 Å². The quantitative estimate of drug-likeness (QED) is 0.750. The van der Waals surface area contributed by atoms with Gasteiger partial charge in [-0.2, -0.15) is 0 Å². The fourth-order valence-electron chi connectivity index (χ4n) is 3.56. The monoisotopic (exact) mass is 371 g/mol. The Bertz CT molecular complexity index is 739. The summed E-state index contributed by atoms with van der Waals surface area (Å²) in [5.74, 6) is -0.720. The molecule has 1 aromatic rings. The lowest BCUT2D eigenvalue weighted by molar-refractivity contribution is -0.135. The van der Waals surface area contributed by atoms with Crippen molar-refractivity contribution >= 4 is 23.6 Å². The topological polar surface area (TPSA) is 78.0 Å². The molecule has 27 heavy (non-hydrogen) atoms. The Balaban J connectivity index is 1.55. The zero-order valence-electron chi connectivity index (χ0n) is 15.8. The minimum absolute atomic E-state index is 0.0546. The Morgan fingerprint density at radius 1 is 0.926 bits per heavy atom. The smallest absolute Gasteiger partial charge is 0.261 e. The van der Waals surface area contributed by atoms with Crippen molar-refractivity contribution in [1.82, 2.24) is 14.7 Å². The molecule has 7 heteroatoms. The van der Waals surface area contributed by atoms with Crippen molar-refractivity contribution in [3.8, 4) is 0 Å². The molecule has 0 spiro atoms. The highest BCUT2D eigenvalue weighted by atomic mass is 16.2. The van der Waals surface area contributed by atoms with E-state index in [4.69, 9.17) is 0 Å². The molecule has 144 valence electrons. The fourth-order valence-corrected chi connectivity index (χ4v) is 3.56. The lowest BCUT2D eigenvalue weighted by Crippen LogP contribution is -2.40. The molecule has 3 rings (SSSR count). The summed E-state index contributed by atoms with van der Waals surface area (Å²) in [4.78, 5) is 54.1. The maximum absolute atomic E-state index is 12.6. The van der Waals surface area contributed by atoms with Crippen LogP contribution in [0.4, 0.5) is 0 Å². The van der Waals surface area contributed by atoms with Gasteiger partial charge in [0, 0.05) is 45.1 Å². The lowest BCUT2D eigenvalue weighted by Gasteiger charge is -2.24. The molecule has 2 aliphatic rings. The minimum Gasteiger partial charge on any atom is -0.341 e. The summed E-state index contributed by atoms with van der Waals surface area (Å²) in [6.07, 6.45) is 0.834. The third-order valence-electron chi connectivity index (χ3n) is 5.08. The zero-order chi connectivity index (χ0) is 19.6. The van der Waals surface area contributed by atoms with Gasteiger partial charge in [-0.05, 0) is 18.6 Å². The number of rotatable bonds is 4. The molecule has 0 N–H and O–H groups in total. The highest BCUT2D eigenvalue weighted by Gasteiger charge is 2.35. The van der Waals surface area contributed by atoms with E-state index in [1.807, 2.05) is 18.7 Å². The molecule has 0 saturated carbocycles. The largest absolute Gasteiger partial charge is 0.341 e. The Labute approximate surface area is 158 Å². The van der Waals surface area contributed by atoms with Crippen molar-refractivity contribution in [3.05, 3.63) is 35.4 Å². The second-order valence-corrected chi connectivity index (χ2v) is 7.27. The average molecular weight is 371 g/mol. The summed E-state index contributed by atoms with van der Waals surface area (Å²) in [5, 5.41) is 0. The molecule has 1 fully saturated rings. The van der Waals surface area contributed by atoms with E-state index in [2.05, 4.69) is 0 Å². The summed E-state index contributed by atoms with van der Waals surface area (Å²) < 4.78 is 0. The molecule has 2 aliphatic heterocycles. The number of hydrogen-bond acceptors (Lipinski definition) is 4. The van der Waals surface area contributed by atoms with Crippen molar-refractivity contribution in [1.29, 1.82) is 0 Å². The van der Waals surface area contributed by atoms with E-state index < -0.39 is 0 Å². The summed E-state index contributed by atoms with van der Waals surface area (Å²) in [6.45, 7) is 6.07. The molecule has 0 unspecified atom stereocenters. The molecule has 0 radical (unpaired) electrons. The lowest BCUT2D eigenvalue weighted by atomic mass is 10.1. The van der Waals surface area contributed by atoms with Gasteiger partial charge < -0.3 is 9.80 Å². The van der Waals surface area contributed by atoms with Gasteiger partial charge in [0.1, 0.15) is 0 Å². The predicted octanol–water partition coefficient (Wildman–Crippen LogP) is 1.39. The molecule has 2 heterocycles. The Kier molecular flexibility index (Phi) is 5.58. The summed E-state index contributed by atoms with van der Waals surface area (Å²) in [7, 11) is 0. The van der Waals surface area contributed by atoms with E-state index in [1.54, 1.807) is 29.2 Å². The van der Waals surface area contributed by atoms with Crippen molar-refractivity contribution < 1.29 is 19.2 Å². The molecule has 0 bridgehead atoms. The van der Waals surface area contributed by atoms with Gasteiger partial charge in [-0.15, -0.1) is 0 Å². The van der Waals surface area contributed by atoms with Crippen LogP contribution >= 0.6 is 0 Å². The van der Waals surface area contributed by atoms with Crippen LogP contribution in [0.25, 0.3) is 0 Å². The van der Waals surface area contributed by atoms with Crippen LogP contribution in [0.1, 0.15) is 47.4 Å². The highest BCUT2D eigenvalue weighted by molar-refractivity contribution is 6.21. The van der Waals surface area contributed by atoms with E-state index in [-0.39, 0.29) is 42.5 Å². The van der Waals surface area contributed by atoms with E-state index in [0.29, 0.717) is 37.3 Å². The van der Waals surface area contributed by atoms with Gasteiger partial charge in [0.25, 0.3) is 11.8 Å². The summed E-state index contributed by atoms with van der Waals surface area (Å²) in [5.41, 5.74) is 0.792. The number of benzene rings is 1. The molecule has 7 nitrogen and oxygen atoms in total. The predicted molar refractivity (Wildman–Crippen MR) is 99.0 cm³/mol. The van der Waals surface area contributed by atoms with Crippen LogP contribution in [0.3, 0.4) is 0 Å². The van der Waals surface area contributed by atoms with Gasteiger partial charge in [-0.1, -0.05) is 26.0 Å².